The van der Waals surface area contributed by atoms with Gasteiger partial charge in [0.05, 0.1) is 25.6 Å². The molecule has 2 rings (SSSR count). The first-order valence-electron chi connectivity index (χ1n) is 6.16. The van der Waals surface area contributed by atoms with Gasteiger partial charge in [-0.3, -0.25) is 4.79 Å². The van der Waals surface area contributed by atoms with Crippen molar-refractivity contribution in [1.82, 2.24) is 0 Å². The quantitative estimate of drug-likeness (QED) is 0.517. The molecule has 0 saturated carbocycles. The van der Waals surface area contributed by atoms with E-state index in [0.29, 0.717) is 34.1 Å². The highest BCUT2D eigenvalue weighted by atomic mass is 16.5. The van der Waals surface area contributed by atoms with Crippen LogP contribution in [0.15, 0.2) is 46.6 Å². The Hall–Kier alpha value is -2.89. The lowest BCUT2D eigenvalue weighted by atomic mass is 10.2. The van der Waals surface area contributed by atoms with Gasteiger partial charge in [0.25, 0.3) is 0 Å². The fraction of sp³-hybridized carbons (Fsp3) is 0.133. The number of nitrogen functional groups attached to an aromatic ring is 1. The number of ether oxygens (including phenoxy) is 2. The second-order valence-corrected chi connectivity index (χ2v) is 4.18. The molecule has 0 unspecified atom stereocenters. The van der Waals surface area contributed by atoms with Crippen molar-refractivity contribution in [2.75, 3.05) is 20.0 Å². The van der Waals surface area contributed by atoms with Crippen LogP contribution in [-0.2, 0) is 0 Å². The van der Waals surface area contributed by atoms with Gasteiger partial charge < -0.3 is 15.2 Å². The molecule has 0 spiro atoms. The zero-order valence-electron chi connectivity index (χ0n) is 11.7. The molecule has 0 radical (unpaired) electrons. The monoisotopic (exact) mass is 285 g/mol. The average molecular weight is 285 g/mol. The van der Waals surface area contributed by atoms with Crippen LogP contribution in [0.3, 0.4) is 0 Å². The SMILES string of the molecule is COc1cc(N=Nc2ccc(C=O)cc2)c(OC)cc1N. The van der Waals surface area contributed by atoms with Crippen LogP contribution in [-0.4, -0.2) is 20.5 Å². The van der Waals surface area contributed by atoms with Gasteiger partial charge in [-0.15, -0.1) is 5.11 Å². The summed E-state index contributed by atoms with van der Waals surface area (Å²) in [5.74, 6) is 1.00. The molecule has 6 nitrogen and oxygen atoms in total. The van der Waals surface area contributed by atoms with Gasteiger partial charge in [-0.1, -0.05) is 0 Å². The third-order valence-corrected chi connectivity index (χ3v) is 2.83. The summed E-state index contributed by atoms with van der Waals surface area (Å²) in [4.78, 5) is 10.6. The molecular formula is C15H15N3O3. The van der Waals surface area contributed by atoms with Crippen LogP contribution in [0.4, 0.5) is 17.1 Å². The first-order valence-corrected chi connectivity index (χ1v) is 6.16. The third kappa shape index (κ3) is 3.36. The summed E-state index contributed by atoms with van der Waals surface area (Å²) in [5, 5.41) is 8.23. The summed E-state index contributed by atoms with van der Waals surface area (Å²) in [6.45, 7) is 0. The number of methoxy groups -OCH3 is 2. The average Bonchev–Trinajstić information content (AvgIpc) is 2.53. The zero-order chi connectivity index (χ0) is 15.2. The topological polar surface area (TPSA) is 86.3 Å². The van der Waals surface area contributed by atoms with Crippen molar-refractivity contribution in [3.05, 3.63) is 42.0 Å². The van der Waals surface area contributed by atoms with Crippen LogP contribution >= 0.6 is 0 Å². The van der Waals surface area contributed by atoms with E-state index in [-0.39, 0.29) is 0 Å². The fourth-order valence-corrected chi connectivity index (χ4v) is 1.71. The Morgan fingerprint density at radius 1 is 1.00 bits per heavy atom. The van der Waals surface area contributed by atoms with Crippen LogP contribution in [0.5, 0.6) is 11.5 Å². The summed E-state index contributed by atoms with van der Waals surface area (Å²) in [7, 11) is 3.05. The summed E-state index contributed by atoms with van der Waals surface area (Å²) >= 11 is 0. The Labute approximate surface area is 122 Å². The number of benzene rings is 2. The van der Waals surface area contributed by atoms with Crippen LogP contribution < -0.4 is 15.2 Å². The van der Waals surface area contributed by atoms with Gasteiger partial charge in [-0.2, -0.15) is 5.11 Å². The molecule has 0 heterocycles. The second-order valence-electron chi connectivity index (χ2n) is 4.18. The number of aldehydes is 1. The number of nitrogens with zero attached hydrogens (tertiary/aromatic N) is 2. The number of carbonyl (C=O) groups is 1. The molecule has 21 heavy (non-hydrogen) atoms. The van der Waals surface area contributed by atoms with E-state index in [1.807, 2.05) is 0 Å². The number of hydrogen-bond donors (Lipinski definition) is 1. The minimum atomic E-state index is 0.462. The molecule has 2 N–H and O–H groups in total. The van der Waals surface area contributed by atoms with E-state index in [1.54, 1.807) is 36.4 Å². The highest BCUT2D eigenvalue weighted by Crippen LogP contribution is 2.37. The van der Waals surface area contributed by atoms with Gasteiger partial charge in [0.1, 0.15) is 23.5 Å². The Balaban J connectivity index is 2.32. The molecule has 0 bridgehead atoms. The van der Waals surface area contributed by atoms with Crippen LogP contribution in [0.1, 0.15) is 10.4 Å². The zero-order valence-corrected chi connectivity index (χ0v) is 11.7. The van der Waals surface area contributed by atoms with E-state index in [2.05, 4.69) is 10.2 Å². The molecule has 2 aromatic carbocycles. The van der Waals surface area contributed by atoms with Crippen LogP contribution in [0, 0.1) is 0 Å². The van der Waals surface area contributed by atoms with E-state index in [0.717, 1.165) is 6.29 Å². The number of anilines is 1. The van der Waals surface area contributed by atoms with E-state index in [1.165, 1.54) is 14.2 Å². The molecular weight excluding hydrogens is 270 g/mol. The highest BCUT2D eigenvalue weighted by molar-refractivity contribution is 5.75. The van der Waals surface area contributed by atoms with Crippen molar-refractivity contribution < 1.29 is 14.3 Å². The minimum Gasteiger partial charge on any atom is -0.495 e. The summed E-state index contributed by atoms with van der Waals surface area (Å²) in [6.07, 6.45) is 0.773. The molecule has 0 aliphatic carbocycles. The van der Waals surface area contributed by atoms with Gasteiger partial charge in [0, 0.05) is 17.7 Å². The molecule has 0 atom stereocenters. The smallest absolute Gasteiger partial charge is 0.150 e. The maximum Gasteiger partial charge on any atom is 0.150 e. The number of rotatable bonds is 5. The van der Waals surface area contributed by atoms with E-state index < -0.39 is 0 Å². The van der Waals surface area contributed by atoms with Crippen molar-refractivity contribution in [2.24, 2.45) is 10.2 Å². The van der Waals surface area contributed by atoms with Crippen LogP contribution in [0.2, 0.25) is 0 Å². The molecule has 6 heteroatoms. The largest absolute Gasteiger partial charge is 0.495 e. The molecule has 0 amide bonds. The first kappa shape index (κ1) is 14.5. The lowest BCUT2D eigenvalue weighted by Gasteiger charge is -2.09. The minimum absolute atomic E-state index is 0.462. The van der Waals surface area contributed by atoms with Crippen molar-refractivity contribution in [3.63, 3.8) is 0 Å². The predicted octanol–water partition coefficient (Wildman–Crippen LogP) is 3.51. The Kier molecular flexibility index (Phi) is 4.50. The van der Waals surface area contributed by atoms with Gasteiger partial charge in [-0.25, -0.2) is 0 Å². The van der Waals surface area contributed by atoms with Crippen molar-refractivity contribution in [3.8, 4) is 11.5 Å². The number of azo groups is 1. The normalized spacial score (nSPS) is 10.6. The second kappa shape index (κ2) is 6.51. The van der Waals surface area contributed by atoms with Crippen molar-refractivity contribution in [1.29, 1.82) is 0 Å². The number of carbonyl (C=O) groups excluding carboxylic acids is 1. The predicted molar refractivity (Wildman–Crippen MR) is 80.0 cm³/mol. The fourth-order valence-electron chi connectivity index (χ4n) is 1.71. The standard InChI is InChI=1S/C15H15N3O3/c1-20-14-8-13(15(21-2)7-12(14)16)18-17-11-5-3-10(9-19)4-6-11/h3-9H,16H2,1-2H3. The molecule has 2 aromatic rings. The molecule has 108 valence electrons. The van der Waals surface area contributed by atoms with Gasteiger partial charge in [-0.05, 0) is 24.3 Å². The molecule has 0 saturated heterocycles. The maximum absolute atomic E-state index is 10.6. The maximum atomic E-state index is 10.6. The Morgan fingerprint density at radius 2 is 1.67 bits per heavy atom. The number of nitrogens with two attached hydrogens (primary N) is 1. The molecule has 0 aliphatic heterocycles. The number of hydrogen-bond acceptors (Lipinski definition) is 6. The van der Waals surface area contributed by atoms with Gasteiger partial charge >= 0.3 is 0 Å². The van der Waals surface area contributed by atoms with E-state index >= 15 is 0 Å². The summed E-state index contributed by atoms with van der Waals surface area (Å²) in [6, 6.07) is 10.0. The van der Waals surface area contributed by atoms with E-state index in [4.69, 9.17) is 15.2 Å². The van der Waals surface area contributed by atoms with Gasteiger partial charge in [0.15, 0.2) is 0 Å². The first-order chi connectivity index (χ1) is 10.2. The van der Waals surface area contributed by atoms with E-state index in [9.17, 15) is 4.79 Å². The molecule has 0 fully saturated rings. The third-order valence-electron chi connectivity index (χ3n) is 2.83. The Morgan fingerprint density at radius 3 is 2.24 bits per heavy atom. The van der Waals surface area contributed by atoms with Crippen LogP contribution in [0.25, 0.3) is 0 Å². The lowest BCUT2D eigenvalue weighted by molar-refractivity contribution is 0.112. The van der Waals surface area contributed by atoms with Gasteiger partial charge in [0.2, 0.25) is 0 Å². The highest BCUT2D eigenvalue weighted by Gasteiger charge is 2.08. The summed E-state index contributed by atoms with van der Waals surface area (Å²) in [5.41, 5.74) is 7.98. The lowest BCUT2D eigenvalue weighted by Crippen LogP contribution is -1.93. The van der Waals surface area contributed by atoms with Crippen molar-refractivity contribution >= 4 is 23.3 Å². The molecule has 0 aromatic heterocycles. The summed E-state index contributed by atoms with van der Waals surface area (Å²) < 4.78 is 10.4. The molecule has 0 aliphatic rings. The Bertz CT molecular complexity index is 667. The van der Waals surface area contributed by atoms with Crippen molar-refractivity contribution in [2.45, 2.75) is 0 Å².